The van der Waals surface area contributed by atoms with E-state index in [1.807, 2.05) is 43.3 Å². The normalized spacial score (nSPS) is 16.0. The minimum atomic E-state index is -0.238. The Morgan fingerprint density at radius 2 is 1.80 bits per heavy atom. The predicted octanol–water partition coefficient (Wildman–Crippen LogP) is 4.56. The Kier molecular flexibility index (Phi) is 6.23. The summed E-state index contributed by atoms with van der Waals surface area (Å²) in [5.41, 5.74) is 2.69. The van der Waals surface area contributed by atoms with Crippen LogP contribution in [0.4, 0.5) is 5.13 Å². The Balaban J connectivity index is 1.34. The quantitative estimate of drug-likeness (QED) is 0.590. The smallest absolute Gasteiger partial charge is 0.257 e. The number of aryl methyl sites for hydroxylation is 2. The van der Waals surface area contributed by atoms with Gasteiger partial charge in [-0.05, 0) is 50.3 Å². The van der Waals surface area contributed by atoms with Gasteiger partial charge in [0.15, 0.2) is 5.13 Å². The van der Waals surface area contributed by atoms with E-state index in [1.54, 1.807) is 12.1 Å². The summed E-state index contributed by atoms with van der Waals surface area (Å²) in [4.78, 5) is 30.9. The molecule has 0 radical (unpaired) electrons. The molecule has 4 rings (SSSR count). The highest BCUT2D eigenvalue weighted by molar-refractivity contribution is 7.16. The first-order valence-corrected chi connectivity index (χ1v) is 11.1. The molecular weight excluding hydrogens is 394 g/mol. The highest BCUT2D eigenvalue weighted by Gasteiger charge is 2.33. The fourth-order valence-electron chi connectivity index (χ4n) is 3.74. The number of aromatic nitrogens is 1. The highest BCUT2D eigenvalue weighted by atomic mass is 32.1. The third-order valence-corrected chi connectivity index (χ3v) is 6.43. The molecule has 1 heterocycles. The fraction of sp³-hybridized carbons (Fsp3) is 0.292. The first-order chi connectivity index (χ1) is 14.6. The zero-order valence-electron chi connectivity index (χ0n) is 16.9. The molecule has 0 saturated heterocycles. The molecule has 3 aromatic rings. The van der Waals surface area contributed by atoms with Gasteiger partial charge in [-0.3, -0.25) is 14.9 Å². The maximum absolute atomic E-state index is 12.8. The van der Waals surface area contributed by atoms with Crippen molar-refractivity contribution < 1.29 is 9.59 Å². The lowest BCUT2D eigenvalue weighted by Gasteiger charge is -2.17. The molecular formula is C24H25N3O2S. The molecule has 154 valence electrons. The van der Waals surface area contributed by atoms with Crippen LogP contribution in [0.5, 0.6) is 0 Å². The van der Waals surface area contributed by atoms with E-state index < -0.39 is 0 Å². The number of rotatable bonds is 7. The summed E-state index contributed by atoms with van der Waals surface area (Å²) in [5, 5.41) is 6.57. The standard InChI is InChI=1S/C24H25N3O2S/c1-16(12-13-17-8-4-2-5-9-17)25-23(29)19-14-15-20-21(19)26-24(30-20)27-22(28)18-10-6-3-7-11-18/h2-11,16,19H,12-15H2,1H3,(H,25,29)(H,26,27,28). The zero-order valence-corrected chi connectivity index (χ0v) is 17.7. The van der Waals surface area contributed by atoms with Gasteiger partial charge in [0.1, 0.15) is 0 Å². The number of nitrogens with zero attached hydrogens (tertiary/aromatic N) is 1. The van der Waals surface area contributed by atoms with E-state index in [0.717, 1.165) is 36.3 Å². The molecule has 6 heteroatoms. The van der Waals surface area contributed by atoms with Crippen molar-refractivity contribution in [2.75, 3.05) is 5.32 Å². The van der Waals surface area contributed by atoms with Crippen LogP contribution in [-0.4, -0.2) is 22.8 Å². The maximum Gasteiger partial charge on any atom is 0.257 e. The van der Waals surface area contributed by atoms with Crippen LogP contribution in [0.25, 0.3) is 0 Å². The number of carbonyl (C=O) groups is 2. The van der Waals surface area contributed by atoms with Crippen molar-refractivity contribution in [2.45, 2.75) is 44.6 Å². The molecule has 2 unspecified atom stereocenters. The predicted molar refractivity (Wildman–Crippen MR) is 120 cm³/mol. The van der Waals surface area contributed by atoms with Crippen LogP contribution in [0, 0.1) is 0 Å². The molecule has 0 spiro atoms. The zero-order chi connectivity index (χ0) is 20.9. The molecule has 0 aliphatic heterocycles. The van der Waals surface area contributed by atoms with E-state index in [2.05, 4.69) is 27.8 Å². The minimum Gasteiger partial charge on any atom is -0.353 e. The summed E-state index contributed by atoms with van der Waals surface area (Å²) in [7, 11) is 0. The van der Waals surface area contributed by atoms with Crippen molar-refractivity contribution in [3.63, 3.8) is 0 Å². The van der Waals surface area contributed by atoms with Crippen molar-refractivity contribution in [3.8, 4) is 0 Å². The van der Waals surface area contributed by atoms with Crippen molar-refractivity contribution in [3.05, 3.63) is 82.4 Å². The van der Waals surface area contributed by atoms with Gasteiger partial charge in [0.25, 0.3) is 5.91 Å². The third kappa shape index (κ3) is 4.76. The van der Waals surface area contributed by atoms with Crippen LogP contribution in [0.3, 0.4) is 0 Å². The summed E-state index contributed by atoms with van der Waals surface area (Å²) in [6, 6.07) is 19.5. The first kappa shape index (κ1) is 20.3. The largest absolute Gasteiger partial charge is 0.353 e. The SMILES string of the molecule is CC(CCc1ccccc1)NC(=O)C1CCc2sc(NC(=O)c3ccccc3)nc21. The number of fused-ring (bicyclic) bond motifs is 1. The molecule has 0 fully saturated rings. The minimum absolute atomic E-state index is 0.0283. The van der Waals surface area contributed by atoms with Gasteiger partial charge in [0.2, 0.25) is 5.91 Å². The van der Waals surface area contributed by atoms with Crippen LogP contribution in [0.1, 0.15) is 52.2 Å². The van der Waals surface area contributed by atoms with E-state index in [4.69, 9.17) is 0 Å². The topological polar surface area (TPSA) is 71.1 Å². The van der Waals surface area contributed by atoms with Gasteiger partial charge >= 0.3 is 0 Å². The number of anilines is 1. The third-order valence-electron chi connectivity index (χ3n) is 5.39. The Morgan fingerprint density at radius 3 is 2.53 bits per heavy atom. The number of hydrogen-bond donors (Lipinski definition) is 2. The van der Waals surface area contributed by atoms with Crippen LogP contribution < -0.4 is 10.6 Å². The van der Waals surface area contributed by atoms with Crippen molar-refractivity contribution >= 4 is 28.3 Å². The molecule has 1 aromatic heterocycles. The second-order valence-corrected chi connectivity index (χ2v) is 8.76. The maximum atomic E-state index is 12.8. The van der Waals surface area contributed by atoms with Gasteiger partial charge in [-0.1, -0.05) is 48.5 Å². The number of carbonyl (C=O) groups excluding carboxylic acids is 2. The van der Waals surface area contributed by atoms with Crippen molar-refractivity contribution in [1.29, 1.82) is 0 Å². The van der Waals surface area contributed by atoms with E-state index in [1.165, 1.54) is 16.9 Å². The molecule has 30 heavy (non-hydrogen) atoms. The van der Waals surface area contributed by atoms with Crippen LogP contribution in [0.2, 0.25) is 0 Å². The summed E-state index contributed by atoms with van der Waals surface area (Å²) in [6.07, 6.45) is 3.43. The Bertz CT molecular complexity index is 1020. The summed E-state index contributed by atoms with van der Waals surface area (Å²) < 4.78 is 0. The summed E-state index contributed by atoms with van der Waals surface area (Å²) in [5.74, 6) is -0.392. The number of thiazole rings is 1. The molecule has 0 saturated carbocycles. The van der Waals surface area contributed by atoms with Gasteiger partial charge in [-0.2, -0.15) is 0 Å². The van der Waals surface area contributed by atoms with E-state index in [0.29, 0.717) is 10.7 Å². The molecule has 1 aliphatic carbocycles. The lowest BCUT2D eigenvalue weighted by Crippen LogP contribution is -2.36. The van der Waals surface area contributed by atoms with Crippen LogP contribution >= 0.6 is 11.3 Å². The van der Waals surface area contributed by atoms with Crippen LogP contribution in [0.15, 0.2) is 60.7 Å². The second-order valence-electron chi connectivity index (χ2n) is 7.67. The molecule has 0 bridgehead atoms. The molecule has 2 amide bonds. The van der Waals surface area contributed by atoms with E-state index in [9.17, 15) is 9.59 Å². The average Bonchev–Trinajstić information content (AvgIpc) is 3.33. The summed E-state index contributed by atoms with van der Waals surface area (Å²) in [6.45, 7) is 2.04. The number of amides is 2. The van der Waals surface area contributed by atoms with Gasteiger partial charge < -0.3 is 5.32 Å². The Hall–Kier alpha value is -2.99. The molecule has 1 aliphatic rings. The first-order valence-electron chi connectivity index (χ1n) is 10.3. The molecule has 5 nitrogen and oxygen atoms in total. The molecule has 2 atom stereocenters. The lowest BCUT2D eigenvalue weighted by molar-refractivity contribution is -0.123. The van der Waals surface area contributed by atoms with Gasteiger partial charge in [-0.15, -0.1) is 11.3 Å². The van der Waals surface area contributed by atoms with Crippen molar-refractivity contribution in [1.82, 2.24) is 10.3 Å². The fourth-order valence-corrected chi connectivity index (χ4v) is 4.77. The molecule has 2 N–H and O–H groups in total. The summed E-state index contributed by atoms with van der Waals surface area (Å²) >= 11 is 1.47. The van der Waals surface area contributed by atoms with Gasteiger partial charge in [-0.25, -0.2) is 4.98 Å². The van der Waals surface area contributed by atoms with E-state index >= 15 is 0 Å². The van der Waals surface area contributed by atoms with Gasteiger partial charge in [0, 0.05) is 16.5 Å². The Labute approximate surface area is 180 Å². The average molecular weight is 420 g/mol. The van der Waals surface area contributed by atoms with Gasteiger partial charge in [0.05, 0.1) is 11.6 Å². The number of benzene rings is 2. The second kappa shape index (κ2) is 9.22. The monoisotopic (exact) mass is 419 g/mol. The van der Waals surface area contributed by atoms with Crippen molar-refractivity contribution in [2.24, 2.45) is 0 Å². The lowest BCUT2D eigenvalue weighted by atomic mass is 10.0. The van der Waals surface area contributed by atoms with E-state index in [-0.39, 0.29) is 23.8 Å². The van der Waals surface area contributed by atoms with Crippen LogP contribution in [-0.2, 0) is 17.6 Å². The Morgan fingerprint density at radius 1 is 1.10 bits per heavy atom. The number of hydrogen-bond acceptors (Lipinski definition) is 4. The number of nitrogens with one attached hydrogen (secondary N) is 2. The highest BCUT2D eigenvalue weighted by Crippen LogP contribution is 2.38. The molecule has 2 aromatic carbocycles.